The molecule has 18 nitrogen and oxygen atoms in total. The van der Waals surface area contributed by atoms with Gasteiger partial charge in [0.25, 0.3) is 0 Å². The molecule has 0 bridgehead atoms. The molecule has 0 spiro atoms. The second-order valence-corrected chi connectivity index (χ2v) is 23.9. The number of allylic oxidation sites excluding steroid dienone is 4. The number of hydrogen-bond acceptors (Lipinski definition) is 20. The number of benzene rings is 7. The average Bonchev–Trinajstić information content (AvgIpc) is 1.69. The summed E-state index contributed by atoms with van der Waals surface area (Å²) in [6.45, 7) is -1.91. The highest BCUT2D eigenvalue weighted by Crippen LogP contribution is 2.59. The van der Waals surface area contributed by atoms with Crippen molar-refractivity contribution >= 4 is 90.7 Å². The van der Waals surface area contributed by atoms with Crippen molar-refractivity contribution < 1.29 is 74.8 Å². The fourth-order valence-corrected chi connectivity index (χ4v) is 13.5. The zero-order valence-corrected chi connectivity index (χ0v) is 51.2. The Morgan fingerprint density at radius 1 is 0.443 bits per heavy atom. The molecule has 0 unspecified atom stereocenters. The number of fused-ring (bicyclic) bond motifs is 8. The first-order valence-corrected chi connectivity index (χ1v) is 30.6. The van der Waals surface area contributed by atoms with E-state index >= 15 is 28.0 Å². The Morgan fingerprint density at radius 2 is 0.784 bits per heavy atom. The fourth-order valence-electron chi connectivity index (χ4n) is 11.5. The number of Topliss-reactive ketones (excluding diaryl/α,β-unsaturated/α-hetero) is 2. The van der Waals surface area contributed by atoms with Crippen molar-refractivity contribution in [3.8, 4) is 56.7 Å². The molecule has 13 rings (SSSR count). The van der Waals surface area contributed by atoms with Crippen molar-refractivity contribution in [2.75, 3.05) is 0 Å². The molecule has 2 aliphatic heterocycles. The SMILES string of the molecule is N#CC(C#N)=C1C(=Nc2cc3c(s2)-c2cc4c(cc2C(C(=O)OCc2ccccc2)(C(=O)OCc2ccccc2)O3)-c2sc(N=C3C(=O)c5cc(F)c(F)cc5C3=C(C#N)C#N)cc2OC4(C(=O)OCc2ccccc2)C(=O)OCc2ccccc2)CC(=O)c2cc(F)c(F)cc21. The minimum Gasteiger partial charge on any atom is -0.458 e. The predicted octanol–water partition coefficient (Wildman–Crippen LogP) is 13.8. The van der Waals surface area contributed by atoms with Gasteiger partial charge in [0, 0.05) is 62.2 Å². The first-order valence-electron chi connectivity index (χ1n) is 29.0. The molecule has 4 aliphatic rings. The molecule has 0 atom stereocenters. The number of ether oxygens (including phenoxy) is 6. The second-order valence-electron chi connectivity index (χ2n) is 21.8. The lowest BCUT2D eigenvalue weighted by atomic mass is 9.78. The van der Waals surface area contributed by atoms with E-state index in [-0.39, 0.29) is 81.5 Å². The molecule has 97 heavy (non-hydrogen) atoms. The van der Waals surface area contributed by atoms with Gasteiger partial charge in [0.2, 0.25) is 5.78 Å². The fraction of sp³-hybridized carbons (Fsp3) is 0.0959. The summed E-state index contributed by atoms with van der Waals surface area (Å²) < 4.78 is 97.6. The number of carbonyl (C=O) groups excluding carboxylic acids is 6. The van der Waals surface area contributed by atoms with Crippen LogP contribution in [0, 0.1) is 68.6 Å². The number of nitriles is 4. The number of ketones is 2. The lowest BCUT2D eigenvalue weighted by Crippen LogP contribution is -2.54. The lowest BCUT2D eigenvalue weighted by molar-refractivity contribution is -0.185. The number of nitrogens with zero attached hydrogens (tertiary/aromatic N) is 6. The summed E-state index contributed by atoms with van der Waals surface area (Å²) >= 11 is 1.46. The molecule has 0 saturated heterocycles. The van der Waals surface area contributed by atoms with Crippen molar-refractivity contribution in [3.05, 3.63) is 260 Å². The summed E-state index contributed by atoms with van der Waals surface area (Å²) in [5, 5.41) is 40.5. The number of hydrogen-bond donors (Lipinski definition) is 0. The van der Waals surface area contributed by atoms with Crippen LogP contribution in [0.1, 0.15) is 71.6 Å². The molecule has 4 heterocycles. The number of carbonyl (C=O) groups is 6. The van der Waals surface area contributed by atoms with Crippen molar-refractivity contribution in [3.63, 3.8) is 0 Å². The monoisotopic (exact) mass is 1330 g/mol. The van der Waals surface area contributed by atoms with Crippen LogP contribution in [0.15, 0.2) is 191 Å². The Balaban J connectivity index is 1.09. The van der Waals surface area contributed by atoms with E-state index in [9.17, 15) is 39.4 Å². The largest absolute Gasteiger partial charge is 0.458 e. The molecule has 24 heteroatoms. The first-order chi connectivity index (χ1) is 47.0. The highest BCUT2D eigenvalue weighted by atomic mass is 32.1. The Bertz CT molecular complexity index is 5070. The van der Waals surface area contributed by atoms with Gasteiger partial charge in [-0.25, -0.2) is 46.7 Å². The van der Waals surface area contributed by atoms with Gasteiger partial charge in [-0.2, -0.15) is 21.0 Å². The summed E-state index contributed by atoms with van der Waals surface area (Å²) in [6.07, 6.45) is -0.671. The van der Waals surface area contributed by atoms with Crippen LogP contribution in [0.25, 0.3) is 32.0 Å². The van der Waals surface area contributed by atoms with Crippen molar-refractivity contribution in [2.45, 2.75) is 44.1 Å². The van der Waals surface area contributed by atoms with Crippen LogP contribution in [0.3, 0.4) is 0 Å². The van der Waals surface area contributed by atoms with Crippen LogP contribution in [0.5, 0.6) is 11.5 Å². The van der Waals surface area contributed by atoms with Crippen molar-refractivity contribution in [1.82, 2.24) is 0 Å². The van der Waals surface area contributed by atoms with Gasteiger partial charge >= 0.3 is 35.1 Å². The number of esters is 4. The quantitative estimate of drug-likeness (QED) is 0.0321. The third kappa shape index (κ3) is 11.2. The highest BCUT2D eigenvalue weighted by Gasteiger charge is 2.62. The van der Waals surface area contributed by atoms with Crippen LogP contribution in [-0.2, 0) is 75.8 Å². The minimum atomic E-state index is -3.08. The second kappa shape index (κ2) is 25.6. The van der Waals surface area contributed by atoms with Crippen molar-refractivity contribution in [2.24, 2.45) is 9.98 Å². The van der Waals surface area contributed by atoms with E-state index in [1.165, 1.54) is 24.3 Å². The molecule has 472 valence electrons. The lowest BCUT2D eigenvalue weighted by Gasteiger charge is -2.39. The number of aliphatic imine (C=N–C) groups is 2. The maximum absolute atomic E-state index is 15.8. The van der Waals surface area contributed by atoms with Crippen LogP contribution in [0.4, 0.5) is 27.6 Å². The third-order valence-electron chi connectivity index (χ3n) is 16.0. The van der Waals surface area contributed by atoms with E-state index in [0.29, 0.717) is 57.9 Å². The standard InChI is InChI=1S/C73H38F4N6O12S2/c74-52-23-44-45(24-53(52)75)62(42(30-78)31-79)56(27-57(44)84)82-60-28-58-66(96-60)48-21-51-49(22-50(48)72(94-58,68(86)90-34-38-13-5-1-6-14-38)69(87)91-35-39-15-7-2-8-16-39)67-59(29-61(97-67)83-64-63(43(32-80)33-81)46-25-54(76)55(77)26-47(46)65(64)85)95-73(51,70(88)92-36-40-17-9-3-10-18-40)71(89)93-37-41-19-11-4-12-20-41/h1-26,28-29H,27,34-37H2. The first kappa shape index (κ1) is 63.0. The zero-order valence-electron chi connectivity index (χ0n) is 49.6. The molecule has 0 saturated carbocycles. The summed E-state index contributed by atoms with van der Waals surface area (Å²) in [4.78, 5) is 101. The van der Waals surface area contributed by atoms with Crippen LogP contribution in [0.2, 0.25) is 0 Å². The zero-order chi connectivity index (χ0) is 67.9. The van der Waals surface area contributed by atoms with E-state index in [1.807, 2.05) is 0 Å². The molecule has 2 aromatic heterocycles. The molecular weight excluding hydrogens is 1290 g/mol. The van der Waals surface area contributed by atoms with E-state index in [4.69, 9.17) is 33.4 Å². The molecular formula is C73H38F4N6O12S2. The molecule has 0 amide bonds. The summed E-state index contributed by atoms with van der Waals surface area (Å²) in [6, 6.07) is 47.5. The van der Waals surface area contributed by atoms with Gasteiger partial charge in [-0.1, -0.05) is 121 Å². The van der Waals surface area contributed by atoms with Gasteiger partial charge in [0.15, 0.2) is 29.1 Å². The van der Waals surface area contributed by atoms with Crippen LogP contribution < -0.4 is 9.47 Å². The summed E-state index contributed by atoms with van der Waals surface area (Å²) in [5.74, 6) is -13.7. The highest BCUT2D eigenvalue weighted by molar-refractivity contribution is 7.20. The molecule has 9 aromatic rings. The normalized spacial score (nSPS) is 14.8. The van der Waals surface area contributed by atoms with E-state index in [0.717, 1.165) is 11.3 Å². The van der Waals surface area contributed by atoms with E-state index < -0.39 is 131 Å². The molecule has 0 radical (unpaired) electrons. The van der Waals surface area contributed by atoms with Crippen LogP contribution >= 0.6 is 22.7 Å². The Morgan fingerprint density at radius 3 is 1.16 bits per heavy atom. The van der Waals surface area contributed by atoms with E-state index in [2.05, 4.69) is 4.99 Å². The summed E-state index contributed by atoms with van der Waals surface area (Å²) in [5.41, 5.74) is -10.00. The molecule has 0 N–H and O–H groups in total. The smallest absolute Gasteiger partial charge is 0.367 e. The van der Waals surface area contributed by atoms with Gasteiger partial charge in [-0.15, -0.1) is 22.7 Å². The average molecular weight is 1330 g/mol. The van der Waals surface area contributed by atoms with Gasteiger partial charge < -0.3 is 28.4 Å². The summed E-state index contributed by atoms with van der Waals surface area (Å²) in [7, 11) is 0. The molecule has 7 aromatic carbocycles. The van der Waals surface area contributed by atoms with Gasteiger partial charge in [-0.3, -0.25) is 9.59 Å². The van der Waals surface area contributed by atoms with Gasteiger partial charge in [0.05, 0.1) is 21.9 Å². The Labute approximate surface area is 554 Å². The topological polar surface area (TPSA) is 278 Å². The van der Waals surface area contributed by atoms with Gasteiger partial charge in [-0.05, 0) is 64.2 Å². The number of rotatable bonds is 14. The van der Waals surface area contributed by atoms with E-state index in [1.54, 1.807) is 146 Å². The molecule has 2 aliphatic carbocycles. The van der Waals surface area contributed by atoms with Gasteiger partial charge in [0.1, 0.15) is 89.1 Å². The Kier molecular flexibility index (Phi) is 16.7. The van der Waals surface area contributed by atoms with Crippen molar-refractivity contribution in [1.29, 1.82) is 21.0 Å². The third-order valence-corrected chi connectivity index (χ3v) is 18.1. The Hall–Kier alpha value is -12.7. The number of thiophene rings is 2. The maximum atomic E-state index is 15.8. The minimum absolute atomic E-state index is 0.0213. The predicted molar refractivity (Wildman–Crippen MR) is 339 cm³/mol. The number of halogens is 4. The van der Waals surface area contributed by atoms with Crippen LogP contribution in [-0.4, -0.2) is 46.9 Å². The molecule has 0 fully saturated rings. The maximum Gasteiger partial charge on any atom is 0.367 e.